The maximum atomic E-state index is 6.16. The number of rotatable bonds is 1. The van der Waals surface area contributed by atoms with Crippen molar-refractivity contribution in [3.8, 4) is 11.1 Å². The van der Waals surface area contributed by atoms with Crippen LogP contribution in [0.15, 0.2) is 36.4 Å². The maximum Gasteiger partial charge on any atom is 0.0670 e. The van der Waals surface area contributed by atoms with E-state index >= 15 is 0 Å². The van der Waals surface area contributed by atoms with Gasteiger partial charge in [0.1, 0.15) is 0 Å². The molecule has 0 saturated heterocycles. The van der Waals surface area contributed by atoms with Gasteiger partial charge in [-0.2, -0.15) is 0 Å². The first-order chi connectivity index (χ1) is 7.58. The van der Waals surface area contributed by atoms with E-state index in [0.717, 1.165) is 22.4 Å². The van der Waals surface area contributed by atoms with Gasteiger partial charge < -0.3 is 5.73 Å². The van der Waals surface area contributed by atoms with Crippen molar-refractivity contribution < 1.29 is 0 Å². The number of hydrogen-bond acceptors (Lipinski definition) is 1. The maximum absolute atomic E-state index is 6.16. The molecule has 2 aromatic carbocycles. The average Bonchev–Trinajstić information content (AvgIpc) is 2.20. The van der Waals surface area contributed by atoms with Crippen molar-refractivity contribution in [2.75, 3.05) is 5.73 Å². The minimum atomic E-state index is 0.555. The molecule has 0 atom stereocenters. The van der Waals surface area contributed by atoms with E-state index in [4.69, 9.17) is 28.9 Å². The van der Waals surface area contributed by atoms with Crippen molar-refractivity contribution in [3.63, 3.8) is 0 Å². The van der Waals surface area contributed by atoms with E-state index in [1.807, 2.05) is 37.3 Å². The van der Waals surface area contributed by atoms with Crippen LogP contribution in [0.4, 0.5) is 5.69 Å². The van der Waals surface area contributed by atoms with Crippen LogP contribution in [0.25, 0.3) is 11.1 Å². The van der Waals surface area contributed by atoms with E-state index in [-0.39, 0.29) is 0 Å². The molecule has 1 nitrogen and oxygen atoms in total. The lowest BCUT2D eigenvalue weighted by Gasteiger charge is -2.08. The number of hydrogen-bond donors (Lipinski definition) is 1. The van der Waals surface area contributed by atoms with Crippen LogP contribution in [-0.4, -0.2) is 0 Å². The lowest BCUT2D eigenvalue weighted by Crippen LogP contribution is -1.88. The number of nitrogens with two attached hydrogens (primary N) is 1. The molecule has 0 saturated carbocycles. The molecule has 3 heteroatoms. The summed E-state index contributed by atoms with van der Waals surface area (Å²) in [5.74, 6) is 0. The third-order valence-corrected chi connectivity index (χ3v) is 3.18. The molecule has 0 aliphatic heterocycles. The third kappa shape index (κ3) is 2.16. The van der Waals surface area contributed by atoms with Gasteiger partial charge in [0, 0.05) is 11.3 Å². The zero-order valence-electron chi connectivity index (χ0n) is 8.80. The van der Waals surface area contributed by atoms with Crippen LogP contribution >= 0.6 is 23.2 Å². The van der Waals surface area contributed by atoms with Gasteiger partial charge in [0.25, 0.3) is 0 Å². The highest BCUT2D eigenvalue weighted by Gasteiger charge is 2.07. The van der Waals surface area contributed by atoms with E-state index in [2.05, 4.69) is 0 Å². The van der Waals surface area contributed by atoms with Crippen LogP contribution in [0.1, 0.15) is 5.56 Å². The second-order valence-corrected chi connectivity index (χ2v) is 4.52. The van der Waals surface area contributed by atoms with Crippen molar-refractivity contribution in [3.05, 3.63) is 52.0 Å². The Morgan fingerprint density at radius 2 is 1.81 bits per heavy atom. The molecule has 2 rings (SSSR count). The summed E-state index contributed by atoms with van der Waals surface area (Å²) < 4.78 is 0. The SMILES string of the molecule is Cc1cc(N)cc(-c2cccc(Cl)c2Cl)c1. The topological polar surface area (TPSA) is 26.0 Å². The lowest BCUT2D eigenvalue weighted by molar-refractivity contribution is 1.47. The molecule has 2 aromatic rings. The van der Waals surface area contributed by atoms with Gasteiger partial charge in [-0.25, -0.2) is 0 Å². The summed E-state index contributed by atoms with van der Waals surface area (Å²) in [7, 11) is 0. The van der Waals surface area contributed by atoms with Gasteiger partial charge in [-0.15, -0.1) is 0 Å². The lowest BCUT2D eigenvalue weighted by atomic mass is 10.0. The largest absolute Gasteiger partial charge is 0.399 e. The van der Waals surface area contributed by atoms with E-state index in [9.17, 15) is 0 Å². The fourth-order valence-electron chi connectivity index (χ4n) is 1.69. The van der Waals surface area contributed by atoms with Crippen LogP contribution in [-0.2, 0) is 0 Å². The molecule has 0 aromatic heterocycles. The quantitative estimate of drug-likeness (QED) is 0.740. The molecule has 0 fully saturated rings. The second kappa shape index (κ2) is 4.36. The normalized spacial score (nSPS) is 10.4. The van der Waals surface area contributed by atoms with Crippen molar-refractivity contribution in [1.82, 2.24) is 0 Å². The second-order valence-electron chi connectivity index (χ2n) is 3.73. The number of anilines is 1. The summed E-state index contributed by atoms with van der Waals surface area (Å²) in [6.45, 7) is 2.00. The average molecular weight is 252 g/mol. The van der Waals surface area contributed by atoms with E-state index in [0.29, 0.717) is 10.0 Å². The fraction of sp³-hybridized carbons (Fsp3) is 0.0769. The first kappa shape index (κ1) is 11.3. The summed E-state index contributed by atoms with van der Waals surface area (Å²) in [4.78, 5) is 0. The Bertz CT molecular complexity index is 515. The molecule has 0 heterocycles. The number of halogens is 2. The smallest absolute Gasteiger partial charge is 0.0670 e. The van der Waals surface area contributed by atoms with E-state index < -0.39 is 0 Å². The highest BCUT2D eigenvalue weighted by atomic mass is 35.5. The minimum Gasteiger partial charge on any atom is -0.399 e. The first-order valence-corrected chi connectivity index (χ1v) is 5.65. The Morgan fingerprint density at radius 1 is 1.06 bits per heavy atom. The van der Waals surface area contributed by atoms with Gasteiger partial charge in [0.15, 0.2) is 0 Å². The molecule has 0 aliphatic rings. The molecule has 0 radical (unpaired) electrons. The Hall–Kier alpha value is -1.18. The predicted molar refractivity (Wildman–Crippen MR) is 71.0 cm³/mol. The number of nitrogen functional groups attached to an aromatic ring is 1. The van der Waals surface area contributed by atoms with Crippen molar-refractivity contribution in [2.45, 2.75) is 6.92 Å². The van der Waals surface area contributed by atoms with Gasteiger partial charge in [-0.05, 0) is 36.2 Å². The summed E-state index contributed by atoms with van der Waals surface area (Å²) in [5, 5.41) is 1.12. The van der Waals surface area contributed by atoms with Crippen LogP contribution in [0.2, 0.25) is 10.0 Å². The summed E-state index contributed by atoms with van der Waals surface area (Å²) in [6.07, 6.45) is 0. The first-order valence-electron chi connectivity index (χ1n) is 4.89. The standard InChI is InChI=1S/C13H11Cl2N/c1-8-5-9(7-10(16)6-8)11-3-2-4-12(14)13(11)15/h2-7H,16H2,1H3. The fourth-order valence-corrected chi connectivity index (χ4v) is 2.10. The molecule has 82 valence electrons. The molecular formula is C13H11Cl2N. The molecule has 16 heavy (non-hydrogen) atoms. The molecular weight excluding hydrogens is 241 g/mol. The molecule has 0 bridgehead atoms. The zero-order chi connectivity index (χ0) is 11.7. The van der Waals surface area contributed by atoms with Crippen LogP contribution < -0.4 is 5.73 Å². The Kier molecular flexibility index (Phi) is 3.08. The Labute approximate surface area is 105 Å². The minimum absolute atomic E-state index is 0.555. The highest BCUT2D eigenvalue weighted by molar-refractivity contribution is 6.43. The molecule has 2 N–H and O–H groups in total. The van der Waals surface area contributed by atoms with Gasteiger partial charge in [-0.3, -0.25) is 0 Å². The number of benzene rings is 2. The van der Waals surface area contributed by atoms with E-state index in [1.54, 1.807) is 6.07 Å². The van der Waals surface area contributed by atoms with Crippen LogP contribution in [0.3, 0.4) is 0 Å². The molecule has 0 unspecified atom stereocenters. The Balaban J connectivity index is 2.63. The molecule has 0 spiro atoms. The number of aryl methyl sites for hydroxylation is 1. The van der Waals surface area contributed by atoms with Gasteiger partial charge in [0.2, 0.25) is 0 Å². The summed E-state index contributed by atoms with van der Waals surface area (Å²) in [6, 6.07) is 11.4. The molecule has 0 amide bonds. The monoisotopic (exact) mass is 251 g/mol. The zero-order valence-corrected chi connectivity index (χ0v) is 10.3. The highest BCUT2D eigenvalue weighted by Crippen LogP contribution is 2.34. The van der Waals surface area contributed by atoms with Gasteiger partial charge >= 0.3 is 0 Å². The summed E-state index contributed by atoms with van der Waals surface area (Å²) in [5.41, 5.74) is 9.54. The Morgan fingerprint density at radius 3 is 2.50 bits per heavy atom. The van der Waals surface area contributed by atoms with Gasteiger partial charge in [0.05, 0.1) is 10.0 Å². The predicted octanol–water partition coefficient (Wildman–Crippen LogP) is 4.55. The third-order valence-electron chi connectivity index (χ3n) is 2.36. The molecule has 0 aliphatic carbocycles. The van der Waals surface area contributed by atoms with Gasteiger partial charge in [-0.1, -0.05) is 41.4 Å². The van der Waals surface area contributed by atoms with Crippen LogP contribution in [0.5, 0.6) is 0 Å². The van der Waals surface area contributed by atoms with Crippen LogP contribution in [0, 0.1) is 6.92 Å². The van der Waals surface area contributed by atoms with Crippen molar-refractivity contribution in [1.29, 1.82) is 0 Å². The van der Waals surface area contributed by atoms with Crippen molar-refractivity contribution >= 4 is 28.9 Å². The van der Waals surface area contributed by atoms with E-state index in [1.165, 1.54) is 0 Å². The summed E-state index contributed by atoms with van der Waals surface area (Å²) >= 11 is 12.1. The van der Waals surface area contributed by atoms with Crippen molar-refractivity contribution in [2.24, 2.45) is 0 Å².